The van der Waals surface area contributed by atoms with E-state index in [-0.39, 0.29) is 11.3 Å². The van der Waals surface area contributed by atoms with Gasteiger partial charge in [0, 0.05) is 17.5 Å². The number of carbonyl (C=O) groups excluding carboxylic acids is 1. The zero-order valence-electron chi connectivity index (χ0n) is 11.2. The molecule has 0 amide bonds. The van der Waals surface area contributed by atoms with Gasteiger partial charge in [-0.3, -0.25) is 0 Å². The Kier molecular flexibility index (Phi) is 4.47. The van der Waals surface area contributed by atoms with E-state index in [1.54, 1.807) is 0 Å². The van der Waals surface area contributed by atoms with Crippen molar-refractivity contribution in [3.63, 3.8) is 0 Å². The zero-order valence-corrected chi connectivity index (χ0v) is 11.2. The fourth-order valence-electron chi connectivity index (χ4n) is 1.85. The Bertz CT molecular complexity index is 675. The summed E-state index contributed by atoms with van der Waals surface area (Å²) in [4.78, 5) is 11.6. The van der Waals surface area contributed by atoms with Crippen molar-refractivity contribution in [1.82, 2.24) is 0 Å². The number of hydrogen-bond donors (Lipinski definition) is 1. The van der Waals surface area contributed by atoms with Crippen LogP contribution in [0.25, 0.3) is 0 Å². The standard InChI is InChI=1S/C17H14O3/c1-20-17(19)15-10-4-2-3-7-13-8-5-6-9-14(13)11-12-16(15)18/h5-6,8-9,18H,2,4,10H2,1H3/b16-15-. The van der Waals surface area contributed by atoms with Crippen LogP contribution in [0.4, 0.5) is 0 Å². The first-order valence-electron chi connectivity index (χ1n) is 6.32. The number of fused-ring (bicyclic) bond motifs is 1. The lowest BCUT2D eigenvalue weighted by Crippen LogP contribution is -2.07. The van der Waals surface area contributed by atoms with Gasteiger partial charge in [-0.05, 0) is 30.9 Å². The molecule has 1 aliphatic carbocycles. The van der Waals surface area contributed by atoms with Gasteiger partial charge in [0.15, 0.2) is 5.76 Å². The van der Waals surface area contributed by atoms with Gasteiger partial charge in [0.25, 0.3) is 0 Å². The summed E-state index contributed by atoms with van der Waals surface area (Å²) in [5, 5.41) is 9.97. The molecule has 0 atom stereocenters. The van der Waals surface area contributed by atoms with Crippen molar-refractivity contribution in [2.45, 2.75) is 19.3 Å². The molecule has 0 aliphatic heterocycles. The van der Waals surface area contributed by atoms with E-state index < -0.39 is 5.97 Å². The number of ether oxygens (including phenoxy) is 1. The summed E-state index contributed by atoms with van der Waals surface area (Å²) in [7, 11) is 1.29. The molecular weight excluding hydrogens is 252 g/mol. The highest BCUT2D eigenvalue weighted by atomic mass is 16.5. The number of allylic oxidation sites excluding steroid dienone is 1. The van der Waals surface area contributed by atoms with Crippen LogP contribution in [0.2, 0.25) is 0 Å². The number of rotatable bonds is 1. The Labute approximate surface area is 118 Å². The number of benzene rings is 1. The maximum Gasteiger partial charge on any atom is 0.338 e. The molecule has 0 fully saturated rings. The van der Waals surface area contributed by atoms with Crippen LogP contribution in [0, 0.1) is 23.7 Å². The van der Waals surface area contributed by atoms with Gasteiger partial charge in [0.1, 0.15) is 0 Å². The van der Waals surface area contributed by atoms with Crippen LogP contribution in [0.1, 0.15) is 30.4 Å². The second kappa shape index (κ2) is 6.50. The van der Waals surface area contributed by atoms with Crippen LogP contribution in [-0.4, -0.2) is 18.2 Å². The molecule has 0 radical (unpaired) electrons. The van der Waals surface area contributed by atoms with Crippen molar-refractivity contribution >= 4 is 5.97 Å². The normalized spacial score (nSPS) is 17.4. The summed E-state index contributed by atoms with van der Waals surface area (Å²) in [5.74, 6) is 10.8. The molecule has 1 aromatic carbocycles. The van der Waals surface area contributed by atoms with E-state index in [1.807, 2.05) is 24.3 Å². The van der Waals surface area contributed by atoms with Crippen molar-refractivity contribution in [3.05, 3.63) is 46.7 Å². The summed E-state index contributed by atoms with van der Waals surface area (Å²) in [6.45, 7) is 0. The molecule has 3 nitrogen and oxygen atoms in total. The Morgan fingerprint density at radius 2 is 1.90 bits per heavy atom. The van der Waals surface area contributed by atoms with E-state index in [2.05, 4.69) is 28.4 Å². The van der Waals surface area contributed by atoms with E-state index in [1.165, 1.54) is 7.11 Å². The van der Waals surface area contributed by atoms with Crippen molar-refractivity contribution < 1.29 is 14.6 Å². The molecular formula is C17H14O3. The summed E-state index contributed by atoms with van der Waals surface area (Å²) in [6.07, 6.45) is 1.71. The number of carbonyl (C=O) groups is 1. The van der Waals surface area contributed by atoms with Gasteiger partial charge in [-0.25, -0.2) is 4.79 Å². The van der Waals surface area contributed by atoms with E-state index in [9.17, 15) is 9.90 Å². The van der Waals surface area contributed by atoms with Gasteiger partial charge in [-0.1, -0.05) is 29.9 Å². The molecule has 0 unspecified atom stereocenters. The van der Waals surface area contributed by atoms with Crippen LogP contribution >= 0.6 is 0 Å². The summed E-state index contributed by atoms with van der Waals surface area (Å²) >= 11 is 0. The van der Waals surface area contributed by atoms with Crippen LogP contribution in [0.3, 0.4) is 0 Å². The molecule has 0 spiro atoms. The molecule has 100 valence electrons. The van der Waals surface area contributed by atoms with Gasteiger partial charge in [0.2, 0.25) is 0 Å². The molecule has 0 bridgehead atoms. The maximum absolute atomic E-state index is 11.6. The lowest BCUT2D eigenvalue weighted by molar-refractivity contribution is -0.136. The SMILES string of the molecule is COC(=O)/C1=C(\O)C#Cc2ccccc2C#CCCC1. The fourth-order valence-corrected chi connectivity index (χ4v) is 1.85. The Morgan fingerprint density at radius 3 is 2.60 bits per heavy atom. The predicted octanol–water partition coefficient (Wildman–Crippen LogP) is 2.56. The molecule has 0 saturated carbocycles. The number of methoxy groups -OCH3 is 1. The highest BCUT2D eigenvalue weighted by Crippen LogP contribution is 2.14. The van der Waals surface area contributed by atoms with Crippen LogP contribution in [0.15, 0.2) is 35.6 Å². The molecule has 1 aromatic rings. The third-order valence-electron chi connectivity index (χ3n) is 2.91. The third kappa shape index (κ3) is 3.22. The van der Waals surface area contributed by atoms with Gasteiger partial charge in [-0.15, -0.1) is 0 Å². The van der Waals surface area contributed by atoms with Crippen molar-refractivity contribution in [3.8, 4) is 23.7 Å². The summed E-state index contributed by atoms with van der Waals surface area (Å²) in [6, 6.07) is 7.47. The van der Waals surface area contributed by atoms with Crippen LogP contribution < -0.4 is 0 Å². The first kappa shape index (κ1) is 13.8. The molecule has 0 saturated heterocycles. The highest BCUT2D eigenvalue weighted by molar-refractivity contribution is 5.89. The monoisotopic (exact) mass is 266 g/mol. The minimum absolute atomic E-state index is 0.209. The van der Waals surface area contributed by atoms with E-state index in [0.29, 0.717) is 19.3 Å². The Balaban J connectivity index is 2.49. The first-order valence-corrected chi connectivity index (χ1v) is 6.32. The molecule has 3 heteroatoms. The topological polar surface area (TPSA) is 46.5 Å². The molecule has 0 heterocycles. The Morgan fingerprint density at radius 1 is 1.20 bits per heavy atom. The fraction of sp³-hybridized carbons (Fsp3) is 0.235. The smallest absolute Gasteiger partial charge is 0.338 e. The molecule has 1 aliphatic rings. The molecule has 1 N–H and O–H groups in total. The summed E-state index contributed by atoms with van der Waals surface area (Å²) < 4.78 is 4.67. The van der Waals surface area contributed by atoms with Crippen LogP contribution in [-0.2, 0) is 9.53 Å². The molecule has 20 heavy (non-hydrogen) atoms. The van der Waals surface area contributed by atoms with Crippen LogP contribution in [0.5, 0.6) is 0 Å². The van der Waals surface area contributed by atoms with Gasteiger partial charge in [0.05, 0.1) is 12.7 Å². The zero-order chi connectivity index (χ0) is 14.4. The number of hydrogen-bond acceptors (Lipinski definition) is 3. The average Bonchev–Trinajstić information content (AvgIpc) is 2.51. The van der Waals surface area contributed by atoms with Crippen molar-refractivity contribution in [2.24, 2.45) is 0 Å². The van der Waals surface area contributed by atoms with Crippen molar-refractivity contribution in [1.29, 1.82) is 0 Å². The van der Waals surface area contributed by atoms with E-state index >= 15 is 0 Å². The van der Waals surface area contributed by atoms with Gasteiger partial charge >= 0.3 is 5.97 Å². The maximum atomic E-state index is 11.6. The lowest BCUT2D eigenvalue weighted by Gasteiger charge is -2.04. The van der Waals surface area contributed by atoms with Gasteiger partial charge < -0.3 is 9.84 Å². The summed E-state index contributed by atoms with van der Waals surface area (Å²) in [5.41, 5.74) is 1.77. The predicted molar refractivity (Wildman–Crippen MR) is 75.7 cm³/mol. The molecule has 2 rings (SSSR count). The number of aliphatic hydroxyl groups is 1. The first-order chi connectivity index (χ1) is 9.72. The number of esters is 1. The largest absolute Gasteiger partial charge is 0.500 e. The quantitative estimate of drug-likeness (QED) is 0.627. The van der Waals surface area contributed by atoms with Gasteiger partial charge in [-0.2, -0.15) is 0 Å². The lowest BCUT2D eigenvalue weighted by atomic mass is 10.1. The minimum Gasteiger partial charge on any atom is -0.500 e. The second-order valence-electron chi connectivity index (χ2n) is 4.27. The van der Waals surface area contributed by atoms with Crippen molar-refractivity contribution in [2.75, 3.05) is 7.11 Å². The minimum atomic E-state index is -0.544. The third-order valence-corrected chi connectivity index (χ3v) is 2.91. The highest BCUT2D eigenvalue weighted by Gasteiger charge is 2.14. The van der Waals surface area contributed by atoms with E-state index in [0.717, 1.165) is 11.1 Å². The Hall–Kier alpha value is -2.65. The molecule has 0 aromatic heterocycles. The average molecular weight is 266 g/mol. The number of aliphatic hydroxyl groups excluding tert-OH is 1. The second-order valence-corrected chi connectivity index (χ2v) is 4.27. The van der Waals surface area contributed by atoms with E-state index in [4.69, 9.17) is 0 Å².